The van der Waals surface area contributed by atoms with Gasteiger partial charge in [0.15, 0.2) is 0 Å². The molecular weight excluding hydrogens is 460 g/mol. The maximum absolute atomic E-state index is 12.8. The Kier molecular flexibility index (Phi) is 7.76. The van der Waals surface area contributed by atoms with Crippen LogP contribution in [0.25, 0.3) is 0 Å². The van der Waals surface area contributed by atoms with Crippen LogP contribution in [-0.4, -0.2) is 27.1 Å². The fraction of sp³-hybridized carbons (Fsp3) is 0.321. The van der Waals surface area contributed by atoms with Crippen molar-refractivity contribution >= 4 is 21.6 Å². The molecule has 3 aromatic carbocycles. The molecule has 3 aromatic rings. The zero-order valence-corrected chi connectivity index (χ0v) is 21.1. The lowest BCUT2D eigenvalue weighted by atomic mass is 9.89. The van der Waals surface area contributed by atoms with E-state index in [2.05, 4.69) is 23.5 Å². The molecule has 184 valence electrons. The quantitative estimate of drug-likeness (QED) is 0.466. The first-order chi connectivity index (χ1) is 16.8. The molecule has 35 heavy (non-hydrogen) atoms. The van der Waals surface area contributed by atoms with Gasteiger partial charge in [0, 0.05) is 0 Å². The molecule has 1 amide bonds. The van der Waals surface area contributed by atoms with Gasteiger partial charge in [-0.25, -0.2) is 8.42 Å². The van der Waals surface area contributed by atoms with Crippen LogP contribution < -0.4 is 14.4 Å². The standard InChI is InChI=1S/C28H32N2O4S/c1-21(24-13-12-23-10-6-7-11-25(23)18-24)29-28(31)19-30(35(2,32)33)26-14-16-27(17-15-26)34-20-22-8-4-3-5-9-22/h3-5,8-9,12-18,21H,6-7,10-11,19-20H2,1-2H3,(H,29,31)/t21-/m0/s1. The summed E-state index contributed by atoms with van der Waals surface area (Å²) in [5.74, 6) is 0.265. The van der Waals surface area contributed by atoms with Gasteiger partial charge in [-0.1, -0.05) is 48.5 Å². The minimum Gasteiger partial charge on any atom is -0.489 e. The lowest BCUT2D eigenvalue weighted by Gasteiger charge is -2.24. The second kappa shape index (κ2) is 11.0. The fourth-order valence-electron chi connectivity index (χ4n) is 4.37. The molecule has 7 heteroatoms. The number of carbonyl (C=O) groups is 1. The number of hydrogen-bond acceptors (Lipinski definition) is 4. The highest BCUT2D eigenvalue weighted by Gasteiger charge is 2.22. The Morgan fingerprint density at radius 3 is 2.34 bits per heavy atom. The first-order valence-electron chi connectivity index (χ1n) is 11.9. The Labute approximate surface area is 208 Å². The maximum Gasteiger partial charge on any atom is 0.241 e. The Hall–Kier alpha value is -3.32. The minimum absolute atomic E-state index is 0.218. The van der Waals surface area contributed by atoms with Gasteiger partial charge in [0.1, 0.15) is 18.9 Å². The van der Waals surface area contributed by atoms with Gasteiger partial charge in [0.2, 0.25) is 15.9 Å². The number of aryl methyl sites for hydroxylation is 2. The van der Waals surface area contributed by atoms with E-state index in [4.69, 9.17) is 4.74 Å². The van der Waals surface area contributed by atoms with E-state index < -0.39 is 10.0 Å². The summed E-state index contributed by atoms with van der Waals surface area (Å²) in [6.45, 7) is 2.05. The van der Waals surface area contributed by atoms with E-state index in [0.29, 0.717) is 18.0 Å². The SMILES string of the molecule is C[C@H](NC(=O)CN(c1ccc(OCc2ccccc2)cc1)S(C)(=O)=O)c1ccc2c(c1)CCCC2. The smallest absolute Gasteiger partial charge is 0.241 e. The normalized spacial score (nSPS) is 14.0. The lowest BCUT2D eigenvalue weighted by molar-refractivity contribution is -0.120. The Morgan fingerprint density at radius 2 is 1.66 bits per heavy atom. The third kappa shape index (κ3) is 6.63. The van der Waals surface area contributed by atoms with E-state index in [0.717, 1.165) is 34.5 Å². The average Bonchev–Trinajstić information content (AvgIpc) is 2.86. The van der Waals surface area contributed by atoms with E-state index in [1.807, 2.05) is 37.3 Å². The molecule has 0 radical (unpaired) electrons. The van der Waals surface area contributed by atoms with E-state index in [1.54, 1.807) is 24.3 Å². The monoisotopic (exact) mass is 492 g/mol. The van der Waals surface area contributed by atoms with Crippen LogP contribution in [0.1, 0.15) is 48.1 Å². The molecule has 1 N–H and O–H groups in total. The largest absolute Gasteiger partial charge is 0.489 e. The van der Waals surface area contributed by atoms with Gasteiger partial charge in [-0.3, -0.25) is 9.10 Å². The zero-order valence-electron chi connectivity index (χ0n) is 20.2. The number of carbonyl (C=O) groups excluding carboxylic acids is 1. The van der Waals surface area contributed by atoms with E-state index in [-0.39, 0.29) is 18.5 Å². The third-order valence-electron chi connectivity index (χ3n) is 6.31. The summed E-state index contributed by atoms with van der Waals surface area (Å²) >= 11 is 0. The van der Waals surface area contributed by atoms with Gasteiger partial charge in [-0.15, -0.1) is 0 Å². The highest BCUT2D eigenvalue weighted by molar-refractivity contribution is 7.92. The topological polar surface area (TPSA) is 75.7 Å². The van der Waals surface area contributed by atoms with E-state index in [1.165, 1.54) is 24.0 Å². The van der Waals surface area contributed by atoms with Gasteiger partial charge in [-0.05, 0) is 79.1 Å². The molecule has 0 spiro atoms. The van der Waals surface area contributed by atoms with Crippen molar-refractivity contribution < 1.29 is 17.9 Å². The number of ether oxygens (including phenoxy) is 1. The molecule has 0 heterocycles. The van der Waals surface area contributed by atoms with Gasteiger partial charge in [0.05, 0.1) is 18.0 Å². The Balaban J connectivity index is 1.40. The summed E-state index contributed by atoms with van der Waals surface area (Å²) in [4.78, 5) is 12.8. The molecule has 0 fully saturated rings. The predicted octanol–water partition coefficient (Wildman–Crippen LogP) is 4.79. The number of rotatable bonds is 9. The van der Waals surface area contributed by atoms with Crippen LogP contribution in [0.15, 0.2) is 72.8 Å². The number of benzene rings is 3. The van der Waals surface area contributed by atoms with Gasteiger partial charge >= 0.3 is 0 Å². The van der Waals surface area contributed by atoms with Gasteiger partial charge in [0.25, 0.3) is 0 Å². The van der Waals surface area contributed by atoms with Crippen molar-refractivity contribution in [3.8, 4) is 5.75 Å². The highest BCUT2D eigenvalue weighted by Crippen LogP contribution is 2.25. The van der Waals surface area contributed by atoms with Crippen molar-refractivity contribution in [2.75, 3.05) is 17.1 Å². The average molecular weight is 493 g/mol. The Morgan fingerprint density at radius 1 is 0.971 bits per heavy atom. The molecule has 1 aliphatic carbocycles. The molecule has 0 aliphatic heterocycles. The molecule has 1 aliphatic rings. The summed E-state index contributed by atoms with van der Waals surface area (Å²) < 4.78 is 31.9. The molecule has 0 aromatic heterocycles. The van der Waals surface area contributed by atoms with E-state index >= 15 is 0 Å². The zero-order chi connectivity index (χ0) is 24.8. The lowest BCUT2D eigenvalue weighted by Crippen LogP contribution is -2.41. The number of anilines is 1. The molecule has 0 unspecified atom stereocenters. The first kappa shape index (κ1) is 24.8. The molecule has 0 saturated heterocycles. The molecule has 0 bridgehead atoms. The fourth-order valence-corrected chi connectivity index (χ4v) is 5.23. The van der Waals surface area contributed by atoms with Crippen molar-refractivity contribution in [1.82, 2.24) is 5.32 Å². The molecular formula is C28H32N2O4S. The van der Waals surface area contributed by atoms with Crippen LogP contribution in [0.4, 0.5) is 5.69 Å². The predicted molar refractivity (Wildman–Crippen MR) is 139 cm³/mol. The number of hydrogen-bond donors (Lipinski definition) is 1. The number of fused-ring (bicyclic) bond motifs is 1. The van der Waals surface area contributed by atoms with Gasteiger partial charge in [-0.2, -0.15) is 0 Å². The number of nitrogens with one attached hydrogen (secondary N) is 1. The van der Waals surface area contributed by atoms with Crippen LogP contribution in [0, 0.1) is 0 Å². The molecule has 1 atom stereocenters. The van der Waals surface area contributed by atoms with Crippen LogP contribution in [-0.2, 0) is 34.3 Å². The highest BCUT2D eigenvalue weighted by atomic mass is 32.2. The summed E-state index contributed by atoms with van der Waals surface area (Å²) in [5.41, 5.74) is 5.22. The maximum atomic E-state index is 12.8. The molecule has 4 rings (SSSR count). The van der Waals surface area contributed by atoms with Crippen LogP contribution in [0.2, 0.25) is 0 Å². The van der Waals surface area contributed by atoms with Gasteiger partial charge < -0.3 is 10.1 Å². The summed E-state index contributed by atoms with van der Waals surface area (Å²) in [5, 5.41) is 2.96. The third-order valence-corrected chi connectivity index (χ3v) is 7.45. The second-order valence-electron chi connectivity index (χ2n) is 9.06. The summed E-state index contributed by atoms with van der Waals surface area (Å²) in [6, 6.07) is 22.7. The minimum atomic E-state index is -3.66. The van der Waals surface area contributed by atoms with Crippen molar-refractivity contribution in [3.05, 3.63) is 95.1 Å². The first-order valence-corrected chi connectivity index (χ1v) is 13.8. The summed E-state index contributed by atoms with van der Waals surface area (Å²) in [7, 11) is -3.66. The van der Waals surface area contributed by atoms with Crippen molar-refractivity contribution in [3.63, 3.8) is 0 Å². The van der Waals surface area contributed by atoms with E-state index in [9.17, 15) is 13.2 Å². The molecule has 6 nitrogen and oxygen atoms in total. The molecule has 0 saturated carbocycles. The van der Waals surface area contributed by atoms with Crippen LogP contribution in [0.3, 0.4) is 0 Å². The Bertz CT molecular complexity index is 1260. The van der Waals surface area contributed by atoms with Crippen molar-refractivity contribution in [2.45, 2.75) is 45.3 Å². The van der Waals surface area contributed by atoms with Crippen LogP contribution in [0.5, 0.6) is 5.75 Å². The second-order valence-corrected chi connectivity index (χ2v) is 11.0. The number of amides is 1. The van der Waals surface area contributed by atoms with Crippen molar-refractivity contribution in [1.29, 1.82) is 0 Å². The van der Waals surface area contributed by atoms with Crippen molar-refractivity contribution in [2.24, 2.45) is 0 Å². The van der Waals surface area contributed by atoms with Crippen LogP contribution >= 0.6 is 0 Å². The summed E-state index contributed by atoms with van der Waals surface area (Å²) in [6.07, 6.45) is 5.69. The number of sulfonamides is 1. The number of nitrogens with zero attached hydrogens (tertiary/aromatic N) is 1.